The second-order valence-electron chi connectivity index (χ2n) is 3.30. The van der Waals surface area contributed by atoms with Gasteiger partial charge in [-0.3, -0.25) is 0 Å². The summed E-state index contributed by atoms with van der Waals surface area (Å²) in [5.74, 6) is 0. The van der Waals surface area contributed by atoms with Gasteiger partial charge in [0.15, 0.2) is 0 Å². The van der Waals surface area contributed by atoms with Crippen molar-refractivity contribution in [2.75, 3.05) is 0 Å². The van der Waals surface area contributed by atoms with Crippen molar-refractivity contribution in [2.24, 2.45) is 0 Å². The number of benzene rings is 1. The minimum Gasteiger partial charge on any atom is -0.0874 e. The van der Waals surface area contributed by atoms with Crippen LogP contribution in [0.1, 0.15) is 25.0 Å². The fraction of sp³-hybridized carbons (Fsp3) is 0.231. The molecule has 0 unspecified atom stereocenters. The molecule has 1 aromatic rings. The van der Waals surface area contributed by atoms with Gasteiger partial charge in [-0.25, -0.2) is 0 Å². The minimum atomic E-state index is 1.27. The Kier molecular flexibility index (Phi) is 3.51. The first kappa shape index (κ1) is 9.79. The molecule has 13 heavy (non-hydrogen) atoms. The Morgan fingerprint density at radius 1 is 1.15 bits per heavy atom. The Labute approximate surface area is 80.6 Å². The lowest BCUT2D eigenvalue weighted by atomic mass is 10.1. The van der Waals surface area contributed by atoms with Gasteiger partial charge >= 0.3 is 0 Å². The van der Waals surface area contributed by atoms with Crippen LogP contribution >= 0.6 is 0 Å². The molecule has 0 radical (unpaired) electrons. The van der Waals surface area contributed by atoms with E-state index in [2.05, 4.69) is 56.3 Å². The zero-order valence-electron chi connectivity index (χ0n) is 8.54. The molecule has 0 heterocycles. The van der Waals surface area contributed by atoms with Crippen molar-refractivity contribution in [1.29, 1.82) is 0 Å². The van der Waals surface area contributed by atoms with E-state index in [1.807, 2.05) is 6.92 Å². The van der Waals surface area contributed by atoms with Crippen LogP contribution in [0.4, 0.5) is 0 Å². The molecule has 0 N–H and O–H groups in total. The number of hydrogen-bond donors (Lipinski definition) is 0. The average Bonchev–Trinajstić information content (AvgIpc) is 2.09. The summed E-state index contributed by atoms with van der Waals surface area (Å²) in [6.07, 6.45) is 6.35. The standard InChI is InChI=1S/C13H16/c1-4-5-12(3)10-13-8-6-11(2)7-9-13/h4-10H,1-3H3/b5-4-,12-10-. The van der Waals surface area contributed by atoms with Crippen LogP contribution in [0.2, 0.25) is 0 Å². The van der Waals surface area contributed by atoms with Crippen molar-refractivity contribution in [3.63, 3.8) is 0 Å². The summed E-state index contributed by atoms with van der Waals surface area (Å²) < 4.78 is 0. The highest BCUT2D eigenvalue weighted by Gasteiger charge is 1.87. The summed E-state index contributed by atoms with van der Waals surface area (Å²) >= 11 is 0. The molecule has 0 amide bonds. The third-order valence-corrected chi connectivity index (χ3v) is 1.90. The van der Waals surface area contributed by atoms with Gasteiger partial charge in [-0.1, -0.05) is 53.6 Å². The van der Waals surface area contributed by atoms with Crippen molar-refractivity contribution < 1.29 is 0 Å². The third-order valence-electron chi connectivity index (χ3n) is 1.90. The monoisotopic (exact) mass is 172 g/mol. The number of rotatable bonds is 2. The maximum absolute atomic E-state index is 2.18. The van der Waals surface area contributed by atoms with Crippen molar-refractivity contribution in [3.8, 4) is 0 Å². The zero-order chi connectivity index (χ0) is 9.68. The molecule has 0 atom stereocenters. The molecule has 1 rings (SSSR count). The summed E-state index contributed by atoms with van der Waals surface area (Å²) in [5, 5.41) is 0. The lowest BCUT2D eigenvalue weighted by Crippen LogP contribution is -1.75. The molecule has 0 fully saturated rings. The molecule has 0 spiro atoms. The quantitative estimate of drug-likeness (QED) is 0.592. The van der Waals surface area contributed by atoms with E-state index in [0.717, 1.165) is 0 Å². The molecule has 0 saturated heterocycles. The topological polar surface area (TPSA) is 0 Å². The van der Waals surface area contributed by atoms with Crippen molar-refractivity contribution in [1.82, 2.24) is 0 Å². The van der Waals surface area contributed by atoms with E-state index in [4.69, 9.17) is 0 Å². The first-order valence-electron chi connectivity index (χ1n) is 4.60. The number of hydrogen-bond acceptors (Lipinski definition) is 0. The highest BCUT2D eigenvalue weighted by molar-refractivity contribution is 5.55. The Hall–Kier alpha value is -1.30. The third kappa shape index (κ3) is 3.29. The molecule has 0 aliphatic rings. The van der Waals surface area contributed by atoms with Gasteiger partial charge in [0.05, 0.1) is 0 Å². The van der Waals surface area contributed by atoms with E-state index < -0.39 is 0 Å². The Bertz CT molecular complexity index is 312. The second kappa shape index (κ2) is 4.66. The van der Waals surface area contributed by atoms with Crippen LogP contribution in [0, 0.1) is 6.92 Å². The van der Waals surface area contributed by atoms with Gasteiger partial charge in [-0.05, 0) is 26.3 Å². The van der Waals surface area contributed by atoms with E-state index in [1.54, 1.807) is 0 Å². The molecule has 0 bridgehead atoms. The molecule has 0 aliphatic carbocycles. The fourth-order valence-corrected chi connectivity index (χ4v) is 1.24. The van der Waals surface area contributed by atoms with Gasteiger partial charge in [0.2, 0.25) is 0 Å². The van der Waals surface area contributed by atoms with Crippen LogP contribution in [0.25, 0.3) is 6.08 Å². The molecule has 68 valence electrons. The average molecular weight is 172 g/mol. The van der Waals surface area contributed by atoms with E-state index >= 15 is 0 Å². The zero-order valence-corrected chi connectivity index (χ0v) is 8.54. The summed E-state index contributed by atoms with van der Waals surface area (Å²) in [6.45, 7) is 6.25. The van der Waals surface area contributed by atoms with Gasteiger partial charge in [-0.2, -0.15) is 0 Å². The van der Waals surface area contributed by atoms with Gasteiger partial charge in [0.1, 0.15) is 0 Å². The molecular weight excluding hydrogens is 156 g/mol. The lowest BCUT2D eigenvalue weighted by Gasteiger charge is -1.96. The summed E-state index contributed by atoms with van der Waals surface area (Å²) in [5.41, 5.74) is 3.85. The molecular formula is C13H16. The van der Waals surface area contributed by atoms with Crippen LogP contribution in [0.5, 0.6) is 0 Å². The van der Waals surface area contributed by atoms with Gasteiger partial charge in [-0.15, -0.1) is 0 Å². The SMILES string of the molecule is C/C=C\C(C)=C/c1ccc(C)cc1. The van der Waals surface area contributed by atoms with Crippen LogP contribution in [0.15, 0.2) is 42.0 Å². The van der Waals surface area contributed by atoms with E-state index in [0.29, 0.717) is 0 Å². The Balaban J connectivity index is 2.85. The maximum Gasteiger partial charge on any atom is -0.0254 e. The molecule has 0 aromatic heterocycles. The number of allylic oxidation sites excluding steroid dienone is 3. The minimum absolute atomic E-state index is 1.27. The first-order valence-corrected chi connectivity index (χ1v) is 4.60. The van der Waals surface area contributed by atoms with E-state index in [9.17, 15) is 0 Å². The van der Waals surface area contributed by atoms with Crippen LogP contribution in [0.3, 0.4) is 0 Å². The first-order chi connectivity index (χ1) is 6.22. The smallest absolute Gasteiger partial charge is 0.0254 e. The Morgan fingerprint density at radius 2 is 1.77 bits per heavy atom. The molecule has 0 nitrogen and oxygen atoms in total. The molecule has 0 heteroatoms. The van der Waals surface area contributed by atoms with E-state index in [-0.39, 0.29) is 0 Å². The van der Waals surface area contributed by atoms with Crippen molar-refractivity contribution in [3.05, 3.63) is 53.1 Å². The van der Waals surface area contributed by atoms with Crippen molar-refractivity contribution >= 4 is 6.08 Å². The normalized spacial score (nSPS) is 12.4. The summed E-state index contributed by atoms with van der Waals surface area (Å²) in [7, 11) is 0. The molecule has 0 saturated carbocycles. The van der Waals surface area contributed by atoms with Crippen LogP contribution in [-0.2, 0) is 0 Å². The highest BCUT2D eigenvalue weighted by atomic mass is 13.9. The Morgan fingerprint density at radius 3 is 2.31 bits per heavy atom. The highest BCUT2D eigenvalue weighted by Crippen LogP contribution is 2.08. The summed E-state index contributed by atoms with van der Waals surface area (Å²) in [6, 6.07) is 8.55. The molecule has 0 aliphatic heterocycles. The van der Waals surface area contributed by atoms with Gasteiger partial charge in [0, 0.05) is 0 Å². The predicted octanol–water partition coefficient (Wildman–Crippen LogP) is 3.97. The molecule has 1 aromatic carbocycles. The largest absolute Gasteiger partial charge is 0.0874 e. The fourth-order valence-electron chi connectivity index (χ4n) is 1.24. The van der Waals surface area contributed by atoms with Crippen molar-refractivity contribution in [2.45, 2.75) is 20.8 Å². The van der Waals surface area contributed by atoms with E-state index in [1.165, 1.54) is 16.7 Å². The van der Waals surface area contributed by atoms with Crippen LogP contribution in [-0.4, -0.2) is 0 Å². The predicted molar refractivity (Wildman–Crippen MR) is 59.6 cm³/mol. The van der Waals surface area contributed by atoms with Crippen LogP contribution < -0.4 is 0 Å². The number of aryl methyl sites for hydroxylation is 1. The summed E-state index contributed by atoms with van der Waals surface area (Å²) in [4.78, 5) is 0. The van der Waals surface area contributed by atoms with Gasteiger partial charge < -0.3 is 0 Å². The second-order valence-corrected chi connectivity index (χ2v) is 3.30. The maximum atomic E-state index is 2.18. The lowest BCUT2D eigenvalue weighted by molar-refractivity contribution is 1.45. The van der Waals surface area contributed by atoms with Gasteiger partial charge in [0.25, 0.3) is 0 Å².